The molecule has 1 aromatic heterocycles. The lowest BCUT2D eigenvalue weighted by atomic mass is 10.1. The normalized spacial score (nSPS) is 12.7. The van der Waals surface area contributed by atoms with E-state index < -0.39 is 17.7 Å². The molecule has 4 rings (SSSR count). The molecular weight excluding hydrogens is 467 g/mol. The number of nitrogens with one attached hydrogen (secondary N) is 1. The van der Waals surface area contributed by atoms with Crippen molar-refractivity contribution >= 4 is 23.3 Å². The van der Waals surface area contributed by atoms with Crippen LogP contribution < -0.4 is 14.8 Å². The van der Waals surface area contributed by atoms with E-state index >= 15 is 0 Å². The average molecular weight is 495 g/mol. The molecule has 1 N–H and O–H groups in total. The van der Waals surface area contributed by atoms with Crippen molar-refractivity contribution in [3.8, 4) is 11.5 Å². The van der Waals surface area contributed by atoms with Crippen molar-refractivity contribution in [1.29, 1.82) is 0 Å². The number of amides is 1. The monoisotopic (exact) mass is 494 g/mol. The Balaban J connectivity index is 1.33. The fourth-order valence-electron chi connectivity index (χ4n) is 4.03. The number of carbonyl (C=O) groups is 3. The molecule has 3 aromatic rings. The van der Waals surface area contributed by atoms with Gasteiger partial charge in [0, 0.05) is 28.7 Å². The number of nitrogens with zero attached hydrogens (tertiary/aromatic N) is 1. The van der Waals surface area contributed by atoms with Crippen LogP contribution in [-0.4, -0.2) is 42.6 Å². The van der Waals surface area contributed by atoms with Gasteiger partial charge in [0.1, 0.15) is 5.82 Å². The van der Waals surface area contributed by atoms with Crippen molar-refractivity contribution < 1.29 is 33.0 Å². The highest BCUT2D eigenvalue weighted by molar-refractivity contribution is 6.00. The SMILES string of the molecule is COc1cc(C(=O)OCC(=O)c2cc(C)n(C3CC3)c2C)ccc1OCC(=O)Nc1ccc(F)cc1. The molecule has 1 amide bonds. The Bertz CT molecular complexity index is 1290. The molecule has 0 atom stereocenters. The fraction of sp³-hybridized carbons (Fsp3) is 0.296. The standard InChI is InChI=1S/C27H27FN2O6/c1-16-12-22(17(2)30(16)21-9-10-21)23(31)14-36-27(33)18-4-11-24(25(13-18)34-3)35-15-26(32)29-20-7-5-19(28)6-8-20/h4-8,11-13,21H,9-10,14-15H2,1-3H3,(H,29,32). The van der Waals surface area contributed by atoms with Gasteiger partial charge in [-0.2, -0.15) is 0 Å². The summed E-state index contributed by atoms with van der Waals surface area (Å²) >= 11 is 0. The molecule has 1 aliphatic carbocycles. The van der Waals surface area contributed by atoms with Crippen LogP contribution >= 0.6 is 0 Å². The van der Waals surface area contributed by atoms with Gasteiger partial charge in [-0.3, -0.25) is 9.59 Å². The number of methoxy groups -OCH3 is 1. The summed E-state index contributed by atoms with van der Waals surface area (Å²) in [5, 5.41) is 2.59. The van der Waals surface area contributed by atoms with Crippen LogP contribution in [0.3, 0.4) is 0 Å². The predicted molar refractivity (Wildman–Crippen MR) is 130 cm³/mol. The third kappa shape index (κ3) is 5.73. The molecule has 0 radical (unpaired) electrons. The van der Waals surface area contributed by atoms with E-state index in [1.807, 2.05) is 19.9 Å². The number of halogens is 1. The van der Waals surface area contributed by atoms with Crippen molar-refractivity contribution in [1.82, 2.24) is 4.57 Å². The van der Waals surface area contributed by atoms with E-state index in [-0.39, 0.29) is 36.1 Å². The van der Waals surface area contributed by atoms with E-state index in [9.17, 15) is 18.8 Å². The summed E-state index contributed by atoms with van der Waals surface area (Å²) in [6, 6.07) is 12.0. The molecule has 9 heteroatoms. The van der Waals surface area contributed by atoms with Gasteiger partial charge < -0.3 is 24.1 Å². The number of benzene rings is 2. The van der Waals surface area contributed by atoms with Gasteiger partial charge in [-0.25, -0.2) is 9.18 Å². The van der Waals surface area contributed by atoms with Crippen LogP contribution in [0.25, 0.3) is 0 Å². The molecule has 2 aromatic carbocycles. The number of esters is 1. The van der Waals surface area contributed by atoms with Gasteiger partial charge >= 0.3 is 5.97 Å². The smallest absolute Gasteiger partial charge is 0.338 e. The van der Waals surface area contributed by atoms with Crippen LogP contribution in [0.5, 0.6) is 11.5 Å². The maximum Gasteiger partial charge on any atom is 0.338 e. The van der Waals surface area contributed by atoms with E-state index in [0.29, 0.717) is 17.3 Å². The maximum absolute atomic E-state index is 13.0. The minimum atomic E-state index is -0.682. The van der Waals surface area contributed by atoms with Gasteiger partial charge in [0.05, 0.1) is 12.7 Å². The molecule has 0 aliphatic heterocycles. The number of aromatic nitrogens is 1. The van der Waals surface area contributed by atoms with Crippen LogP contribution in [0, 0.1) is 19.7 Å². The number of Topliss-reactive ketones (excluding diaryl/α,β-unsaturated/α-hetero) is 1. The Hall–Kier alpha value is -4.14. The van der Waals surface area contributed by atoms with Crippen LogP contribution in [0.15, 0.2) is 48.5 Å². The number of ether oxygens (including phenoxy) is 3. The predicted octanol–water partition coefficient (Wildman–Crippen LogP) is 4.64. The number of aryl methyl sites for hydroxylation is 1. The zero-order valence-corrected chi connectivity index (χ0v) is 20.3. The van der Waals surface area contributed by atoms with Crippen molar-refractivity contribution in [3.63, 3.8) is 0 Å². The number of hydrogen-bond donors (Lipinski definition) is 1. The molecule has 8 nitrogen and oxygen atoms in total. The highest BCUT2D eigenvalue weighted by Crippen LogP contribution is 2.38. The molecule has 1 aliphatic rings. The second-order valence-corrected chi connectivity index (χ2v) is 8.59. The first-order valence-electron chi connectivity index (χ1n) is 11.5. The highest BCUT2D eigenvalue weighted by Gasteiger charge is 2.28. The third-order valence-corrected chi connectivity index (χ3v) is 5.92. The Morgan fingerprint density at radius 2 is 1.72 bits per heavy atom. The quantitative estimate of drug-likeness (QED) is 0.326. The largest absolute Gasteiger partial charge is 0.493 e. The van der Waals surface area contributed by atoms with Gasteiger partial charge in [0.25, 0.3) is 5.91 Å². The second-order valence-electron chi connectivity index (χ2n) is 8.59. The molecule has 0 saturated heterocycles. The van der Waals surface area contributed by atoms with Crippen molar-refractivity contribution in [2.75, 3.05) is 25.6 Å². The Morgan fingerprint density at radius 1 is 1.00 bits per heavy atom. The van der Waals surface area contributed by atoms with E-state index in [4.69, 9.17) is 14.2 Å². The van der Waals surface area contributed by atoms with Crippen molar-refractivity contribution in [3.05, 3.63) is 76.9 Å². The van der Waals surface area contributed by atoms with Gasteiger partial charge in [-0.05, 0) is 75.2 Å². The number of anilines is 1. The van der Waals surface area contributed by atoms with Gasteiger partial charge in [0.2, 0.25) is 5.78 Å². The average Bonchev–Trinajstić information content (AvgIpc) is 3.66. The van der Waals surface area contributed by atoms with E-state index in [2.05, 4.69) is 9.88 Å². The third-order valence-electron chi connectivity index (χ3n) is 5.92. The van der Waals surface area contributed by atoms with Crippen molar-refractivity contribution in [2.24, 2.45) is 0 Å². The first kappa shape index (κ1) is 25.0. The lowest BCUT2D eigenvalue weighted by Gasteiger charge is -2.12. The molecular formula is C27H27FN2O6. The summed E-state index contributed by atoms with van der Waals surface area (Å²) in [4.78, 5) is 37.4. The Morgan fingerprint density at radius 3 is 2.39 bits per heavy atom. The first-order valence-corrected chi connectivity index (χ1v) is 11.5. The molecule has 0 bridgehead atoms. The second kappa shape index (κ2) is 10.6. The Kier molecular flexibility index (Phi) is 7.38. The van der Waals surface area contributed by atoms with Crippen LogP contribution in [0.1, 0.15) is 51.0 Å². The number of carbonyl (C=O) groups excluding carboxylic acids is 3. The van der Waals surface area contributed by atoms with Gasteiger partial charge in [0.15, 0.2) is 24.7 Å². The van der Waals surface area contributed by atoms with Crippen LogP contribution in [0.4, 0.5) is 10.1 Å². The fourth-order valence-corrected chi connectivity index (χ4v) is 4.03. The van der Waals surface area contributed by atoms with Gasteiger partial charge in [-0.15, -0.1) is 0 Å². The zero-order chi connectivity index (χ0) is 25.8. The summed E-state index contributed by atoms with van der Waals surface area (Å²) in [7, 11) is 1.40. The minimum Gasteiger partial charge on any atom is -0.493 e. The summed E-state index contributed by atoms with van der Waals surface area (Å²) in [5.41, 5.74) is 3.08. The number of hydrogen-bond acceptors (Lipinski definition) is 6. The summed E-state index contributed by atoms with van der Waals surface area (Å²) in [5.74, 6) is -1.34. The lowest BCUT2D eigenvalue weighted by Crippen LogP contribution is -2.20. The molecule has 188 valence electrons. The first-order chi connectivity index (χ1) is 17.3. The molecule has 1 saturated carbocycles. The summed E-state index contributed by atoms with van der Waals surface area (Å²) in [6.45, 7) is 3.17. The number of rotatable bonds is 10. The van der Waals surface area contributed by atoms with E-state index in [0.717, 1.165) is 24.2 Å². The zero-order valence-electron chi connectivity index (χ0n) is 20.3. The molecule has 0 unspecified atom stereocenters. The molecule has 1 fully saturated rings. The maximum atomic E-state index is 13.0. The minimum absolute atomic E-state index is 0.172. The summed E-state index contributed by atoms with van der Waals surface area (Å²) < 4.78 is 31.2. The summed E-state index contributed by atoms with van der Waals surface area (Å²) in [6.07, 6.45) is 2.22. The highest BCUT2D eigenvalue weighted by atomic mass is 19.1. The topological polar surface area (TPSA) is 95.9 Å². The molecule has 1 heterocycles. The van der Waals surface area contributed by atoms with Crippen LogP contribution in [-0.2, 0) is 9.53 Å². The Labute approximate surface area is 208 Å². The molecule has 0 spiro atoms. The lowest BCUT2D eigenvalue weighted by molar-refractivity contribution is -0.118. The van der Waals surface area contributed by atoms with Gasteiger partial charge in [-0.1, -0.05) is 0 Å². The van der Waals surface area contributed by atoms with Crippen LogP contribution in [0.2, 0.25) is 0 Å². The number of ketones is 1. The van der Waals surface area contributed by atoms with E-state index in [1.54, 1.807) is 0 Å². The van der Waals surface area contributed by atoms with E-state index in [1.165, 1.54) is 49.6 Å². The van der Waals surface area contributed by atoms with Crippen molar-refractivity contribution in [2.45, 2.75) is 32.7 Å². The molecule has 36 heavy (non-hydrogen) atoms.